The van der Waals surface area contributed by atoms with Crippen LogP contribution in [0.1, 0.15) is 16.8 Å². The molecule has 1 aliphatic heterocycles. The molecule has 0 radical (unpaired) electrons. The molecule has 1 fully saturated rings. The smallest absolute Gasteiger partial charge is 0.254 e. The number of pyridine rings is 1. The van der Waals surface area contributed by atoms with Gasteiger partial charge in [-0.25, -0.2) is 4.98 Å². The van der Waals surface area contributed by atoms with Gasteiger partial charge in [-0.3, -0.25) is 14.8 Å². The van der Waals surface area contributed by atoms with Crippen LogP contribution < -0.4 is 5.32 Å². The van der Waals surface area contributed by atoms with E-state index in [0.29, 0.717) is 12.1 Å². The molecule has 3 aromatic rings. The number of carbonyl (C=O) groups is 1. The quantitative estimate of drug-likeness (QED) is 0.802. The Morgan fingerprint density at radius 2 is 1.92 bits per heavy atom. The highest BCUT2D eigenvalue weighted by molar-refractivity contribution is 5.94. The third-order valence-corrected chi connectivity index (χ3v) is 4.20. The molecule has 0 saturated carbocycles. The highest BCUT2D eigenvalue weighted by atomic mass is 16.2. The van der Waals surface area contributed by atoms with Gasteiger partial charge in [0.2, 0.25) is 0 Å². The summed E-state index contributed by atoms with van der Waals surface area (Å²) >= 11 is 0. The third-order valence-electron chi connectivity index (χ3n) is 4.20. The van der Waals surface area contributed by atoms with E-state index in [-0.39, 0.29) is 11.9 Å². The highest BCUT2D eigenvalue weighted by Crippen LogP contribution is 2.18. The van der Waals surface area contributed by atoms with Crippen molar-refractivity contribution in [2.45, 2.75) is 12.5 Å². The number of fused-ring (bicyclic) bond motifs is 1. The van der Waals surface area contributed by atoms with Crippen LogP contribution in [0.25, 0.3) is 11.0 Å². The van der Waals surface area contributed by atoms with Crippen molar-refractivity contribution in [3.05, 3.63) is 60.6 Å². The van der Waals surface area contributed by atoms with Gasteiger partial charge >= 0.3 is 0 Å². The Labute approximate surface area is 139 Å². The Balaban J connectivity index is 1.44. The molecule has 1 aliphatic rings. The van der Waals surface area contributed by atoms with Gasteiger partial charge in [0.15, 0.2) is 0 Å². The largest absolute Gasteiger partial charge is 0.364 e. The van der Waals surface area contributed by atoms with Gasteiger partial charge in [0.25, 0.3) is 5.91 Å². The minimum Gasteiger partial charge on any atom is -0.364 e. The Kier molecular flexibility index (Phi) is 3.78. The summed E-state index contributed by atoms with van der Waals surface area (Å²) in [6, 6.07) is 11.5. The van der Waals surface area contributed by atoms with Gasteiger partial charge in [0, 0.05) is 37.1 Å². The van der Waals surface area contributed by atoms with Gasteiger partial charge in [-0.1, -0.05) is 12.1 Å². The number of hydrogen-bond acceptors (Lipinski definition) is 5. The van der Waals surface area contributed by atoms with Crippen LogP contribution in [0.15, 0.2) is 55.0 Å². The Morgan fingerprint density at radius 3 is 2.75 bits per heavy atom. The van der Waals surface area contributed by atoms with Crippen molar-refractivity contribution in [1.29, 1.82) is 0 Å². The number of benzene rings is 1. The molecular formula is C18H17N5O. The topological polar surface area (TPSA) is 71.0 Å². The maximum Gasteiger partial charge on any atom is 0.254 e. The second kappa shape index (κ2) is 6.23. The molecule has 0 bridgehead atoms. The first-order chi connectivity index (χ1) is 11.8. The molecule has 6 nitrogen and oxygen atoms in total. The van der Waals surface area contributed by atoms with Crippen LogP contribution in [-0.4, -0.2) is 44.9 Å². The van der Waals surface area contributed by atoms with Crippen LogP contribution in [0.3, 0.4) is 0 Å². The molecule has 2 aromatic heterocycles. The lowest BCUT2D eigenvalue weighted by molar-refractivity contribution is 0.0791. The second-order valence-corrected chi connectivity index (χ2v) is 5.86. The number of rotatable bonds is 3. The molecule has 1 atom stereocenters. The number of para-hydroxylation sites is 2. The fourth-order valence-corrected chi connectivity index (χ4v) is 2.98. The van der Waals surface area contributed by atoms with Crippen molar-refractivity contribution < 1.29 is 4.79 Å². The molecule has 1 amide bonds. The molecule has 1 aromatic carbocycles. The molecule has 120 valence electrons. The van der Waals surface area contributed by atoms with Crippen molar-refractivity contribution in [2.24, 2.45) is 0 Å². The standard InChI is InChI=1S/C18H17N5O/c24-18(13-5-8-19-9-6-13)23-10-7-14(12-23)21-17-11-20-15-3-1-2-4-16(15)22-17/h1-6,8-9,11,14H,7,10,12H2,(H,21,22)/t14-/m0/s1. The summed E-state index contributed by atoms with van der Waals surface area (Å²) in [5, 5.41) is 3.39. The van der Waals surface area contributed by atoms with E-state index in [1.165, 1.54) is 0 Å². The number of aromatic nitrogens is 3. The van der Waals surface area contributed by atoms with Crippen LogP contribution in [0, 0.1) is 0 Å². The lowest BCUT2D eigenvalue weighted by atomic mass is 10.2. The first kappa shape index (κ1) is 14.6. The Morgan fingerprint density at radius 1 is 1.12 bits per heavy atom. The summed E-state index contributed by atoms with van der Waals surface area (Å²) in [5.74, 6) is 0.795. The zero-order valence-electron chi connectivity index (χ0n) is 13.1. The third kappa shape index (κ3) is 2.90. The molecule has 24 heavy (non-hydrogen) atoms. The fraction of sp³-hybridized carbons (Fsp3) is 0.222. The SMILES string of the molecule is O=C(c1ccncc1)N1CC[C@H](Nc2cnc3ccccc3n2)C1. The van der Waals surface area contributed by atoms with Gasteiger partial charge in [-0.05, 0) is 30.7 Å². The minimum absolute atomic E-state index is 0.0475. The monoisotopic (exact) mass is 319 g/mol. The summed E-state index contributed by atoms with van der Waals surface area (Å²) < 4.78 is 0. The van der Waals surface area contributed by atoms with Crippen LogP contribution in [0.4, 0.5) is 5.82 Å². The lowest BCUT2D eigenvalue weighted by Crippen LogP contribution is -2.31. The van der Waals surface area contributed by atoms with Crippen molar-refractivity contribution in [3.8, 4) is 0 Å². The van der Waals surface area contributed by atoms with E-state index in [0.717, 1.165) is 29.8 Å². The van der Waals surface area contributed by atoms with E-state index in [2.05, 4.69) is 20.3 Å². The molecule has 4 rings (SSSR count). The zero-order valence-corrected chi connectivity index (χ0v) is 13.1. The van der Waals surface area contributed by atoms with Crippen molar-refractivity contribution >= 4 is 22.8 Å². The first-order valence-electron chi connectivity index (χ1n) is 7.97. The number of nitrogens with zero attached hydrogens (tertiary/aromatic N) is 4. The van der Waals surface area contributed by atoms with E-state index >= 15 is 0 Å². The highest BCUT2D eigenvalue weighted by Gasteiger charge is 2.27. The number of amides is 1. The average Bonchev–Trinajstić information content (AvgIpc) is 3.10. The van der Waals surface area contributed by atoms with Crippen LogP contribution in [-0.2, 0) is 0 Å². The normalized spacial score (nSPS) is 17.2. The molecule has 0 spiro atoms. The predicted octanol–water partition coefficient (Wildman–Crippen LogP) is 2.35. The summed E-state index contributed by atoms with van der Waals surface area (Å²) in [6.07, 6.45) is 5.93. The fourth-order valence-electron chi connectivity index (χ4n) is 2.98. The molecule has 3 heterocycles. The van der Waals surface area contributed by atoms with Gasteiger partial charge in [-0.2, -0.15) is 0 Å². The summed E-state index contributed by atoms with van der Waals surface area (Å²) in [7, 11) is 0. The average molecular weight is 319 g/mol. The Bertz CT molecular complexity index is 867. The molecule has 0 unspecified atom stereocenters. The number of hydrogen-bond donors (Lipinski definition) is 1. The lowest BCUT2D eigenvalue weighted by Gasteiger charge is -2.17. The van der Waals surface area contributed by atoms with Crippen molar-refractivity contribution in [1.82, 2.24) is 19.9 Å². The minimum atomic E-state index is 0.0475. The van der Waals surface area contributed by atoms with Gasteiger partial charge in [-0.15, -0.1) is 0 Å². The molecule has 0 aliphatic carbocycles. The molecule has 1 N–H and O–H groups in total. The summed E-state index contributed by atoms with van der Waals surface area (Å²) in [5.41, 5.74) is 2.42. The molecule has 1 saturated heterocycles. The van der Waals surface area contributed by atoms with Crippen molar-refractivity contribution in [3.63, 3.8) is 0 Å². The molecule has 6 heteroatoms. The van der Waals surface area contributed by atoms with E-state index in [9.17, 15) is 4.79 Å². The number of nitrogens with one attached hydrogen (secondary N) is 1. The van der Waals surface area contributed by atoms with E-state index in [4.69, 9.17) is 0 Å². The zero-order chi connectivity index (χ0) is 16.4. The van der Waals surface area contributed by atoms with Crippen LogP contribution in [0.2, 0.25) is 0 Å². The first-order valence-corrected chi connectivity index (χ1v) is 7.97. The summed E-state index contributed by atoms with van der Waals surface area (Å²) in [4.78, 5) is 27.3. The van der Waals surface area contributed by atoms with E-state index < -0.39 is 0 Å². The maximum absolute atomic E-state index is 12.5. The molecular weight excluding hydrogens is 302 g/mol. The van der Waals surface area contributed by atoms with Gasteiger partial charge in [0.05, 0.1) is 17.2 Å². The van der Waals surface area contributed by atoms with Gasteiger partial charge in [0.1, 0.15) is 5.82 Å². The summed E-state index contributed by atoms with van der Waals surface area (Å²) in [6.45, 7) is 1.40. The van der Waals surface area contributed by atoms with Crippen molar-refractivity contribution in [2.75, 3.05) is 18.4 Å². The second-order valence-electron chi connectivity index (χ2n) is 5.86. The Hall–Kier alpha value is -3.02. The maximum atomic E-state index is 12.5. The number of carbonyl (C=O) groups excluding carboxylic acids is 1. The number of likely N-dealkylation sites (tertiary alicyclic amines) is 1. The van der Waals surface area contributed by atoms with Crippen LogP contribution >= 0.6 is 0 Å². The van der Waals surface area contributed by atoms with E-state index in [1.807, 2.05) is 29.2 Å². The van der Waals surface area contributed by atoms with E-state index in [1.54, 1.807) is 30.7 Å². The number of anilines is 1. The van der Waals surface area contributed by atoms with Crippen LogP contribution in [0.5, 0.6) is 0 Å². The van der Waals surface area contributed by atoms with Gasteiger partial charge < -0.3 is 10.2 Å². The predicted molar refractivity (Wildman–Crippen MR) is 91.7 cm³/mol.